The molecule has 0 fully saturated rings. The van der Waals surface area contributed by atoms with E-state index in [4.69, 9.17) is 14.2 Å². The van der Waals surface area contributed by atoms with Gasteiger partial charge in [0.1, 0.15) is 6.61 Å². The van der Waals surface area contributed by atoms with Crippen molar-refractivity contribution in [3.8, 4) is 17.2 Å². The lowest BCUT2D eigenvalue weighted by molar-refractivity contribution is 0.0600. The first-order valence-corrected chi connectivity index (χ1v) is 9.48. The molecule has 3 aromatic carbocycles. The van der Waals surface area contributed by atoms with Crippen molar-refractivity contribution >= 4 is 17.6 Å². The van der Waals surface area contributed by atoms with E-state index in [0.717, 1.165) is 5.56 Å². The van der Waals surface area contributed by atoms with Crippen molar-refractivity contribution in [1.82, 2.24) is 0 Å². The predicted molar refractivity (Wildman–Crippen MR) is 116 cm³/mol. The highest BCUT2D eigenvalue weighted by Crippen LogP contribution is 2.39. The van der Waals surface area contributed by atoms with Crippen LogP contribution in [-0.2, 0) is 11.3 Å². The van der Waals surface area contributed by atoms with Crippen LogP contribution in [-0.4, -0.2) is 33.2 Å². The molecule has 0 spiro atoms. The second-order valence-electron chi connectivity index (χ2n) is 6.51. The van der Waals surface area contributed by atoms with E-state index >= 15 is 0 Å². The van der Waals surface area contributed by atoms with Gasteiger partial charge >= 0.3 is 5.97 Å². The topological polar surface area (TPSA) is 83.1 Å². The molecule has 0 saturated carbocycles. The molecular weight excluding hydrogens is 398 g/mol. The Kier molecular flexibility index (Phi) is 7.11. The monoisotopic (exact) mass is 421 g/mol. The minimum atomic E-state index is -0.446. The maximum absolute atomic E-state index is 12.8. The van der Waals surface area contributed by atoms with Gasteiger partial charge in [0.15, 0.2) is 11.5 Å². The summed E-state index contributed by atoms with van der Waals surface area (Å²) in [6.45, 7) is 0.325. The molecule has 7 nitrogen and oxygen atoms in total. The lowest BCUT2D eigenvalue weighted by atomic mass is 10.1. The van der Waals surface area contributed by atoms with E-state index in [2.05, 4.69) is 10.1 Å². The fourth-order valence-corrected chi connectivity index (χ4v) is 2.89. The molecule has 0 aliphatic carbocycles. The Balaban J connectivity index is 1.79. The second kappa shape index (κ2) is 10.2. The predicted octanol–water partition coefficient (Wildman–Crippen LogP) is 4.32. The van der Waals surface area contributed by atoms with Gasteiger partial charge in [0.2, 0.25) is 5.75 Å². The maximum atomic E-state index is 12.8. The Morgan fingerprint density at radius 1 is 0.806 bits per heavy atom. The van der Waals surface area contributed by atoms with E-state index in [1.54, 1.807) is 36.4 Å². The Morgan fingerprint density at radius 3 is 1.97 bits per heavy atom. The minimum Gasteiger partial charge on any atom is -0.493 e. The van der Waals surface area contributed by atoms with Gasteiger partial charge in [-0.3, -0.25) is 4.79 Å². The number of rotatable bonds is 8. The van der Waals surface area contributed by atoms with Crippen molar-refractivity contribution in [3.63, 3.8) is 0 Å². The fourth-order valence-electron chi connectivity index (χ4n) is 2.89. The van der Waals surface area contributed by atoms with Gasteiger partial charge in [-0.05, 0) is 42.0 Å². The molecule has 0 heterocycles. The smallest absolute Gasteiger partial charge is 0.337 e. The van der Waals surface area contributed by atoms with E-state index in [-0.39, 0.29) is 5.91 Å². The Bertz CT molecular complexity index is 1020. The molecule has 0 bridgehead atoms. The van der Waals surface area contributed by atoms with Crippen LogP contribution in [0.15, 0.2) is 66.7 Å². The maximum Gasteiger partial charge on any atom is 0.337 e. The number of ether oxygens (including phenoxy) is 4. The van der Waals surface area contributed by atoms with Gasteiger partial charge in [0.25, 0.3) is 5.91 Å². The van der Waals surface area contributed by atoms with E-state index in [1.165, 1.54) is 21.3 Å². The normalized spacial score (nSPS) is 10.2. The summed E-state index contributed by atoms with van der Waals surface area (Å²) in [4.78, 5) is 24.3. The molecule has 3 aromatic rings. The van der Waals surface area contributed by atoms with Crippen LogP contribution in [0.4, 0.5) is 5.69 Å². The van der Waals surface area contributed by atoms with Crippen LogP contribution in [0.25, 0.3) is 0 Å². The molecule has 1 amide bonds. The first-order chi connectivity index (χ1) is 15.0. The first-order valence-electron chi connectivity index (χ1n) is 9.48. The highest BCUT2D eigenvalue weighted by Gasteiger charge is 2.18. The summed E-state index contributed by atoms with van der Waals surface area (Å²) < 4.78 is 21.5. The summed E-state index contributed by atoms with van der Waals surface area (Å²) in [5.74, 6) is 0.353. The molecule has 7 heteroatoms. The number of amides is 1. The molecule has 0 unspecified atom stereocenters. The van der Waals surface area contributed by atoms with Gasteiger partial charge in [0.05, 0.1) is 26.9 Å². The number of hydrogen-bond acceptors (Lipinski definition) is 6. The first kappa shape index (κ1) is 21.7. The van der Waals surface area contributed by atoms with Crippen molar-refractivity contribution in [2.24, 2.45) is 0 Å². The number of carbonyl (C=O) groups is 2. The molecule has 160 valence electrons. The molecule has 0 aromatic heterocycles. The molecule has 1 N–H and O–H groups in total. The number of benzene rings is 3. The third kappa shape index (κ3) is 5.33. The van der Waals surface area contributed by atoms with Crippen LogP contribution < -0.4 is 19.5 Å². The largest absolute Gasteiger partial charge is 0.493 e. The molecular formula is C24H23NO6. The minimum absolute atomic E-state index is 0.325. The van der Waals surface area contributed by atoms with Gasteiger partial charge < -0.3 is 24.3 Å². The molecule has 0 radical (unpaired) electrons. The molecule has 3 rings (SSSR count). The standard InChI is InChI=1S/C24H23NO6/c1-28-20-13-18(23(26)25-19-11-9-17(10-12-19)24(27)30-3)14-21(29-2)22(20)31-15-16-7-5-4-6-8-16/h4-14H,15H2,1-3H3,(H,25,26). The van der Waals surface area contributed by atoms with Crippen LogP contribution in [0.1, 0.15) is 26.3 Å². The van der Waals surface area contributed by atoms with Gasteiger partial charge in [0, 0.05) is 11.3 Å². The molecule has 0 atom stereocenters. The third-order valence-electron chi connectivity index (χ3n) is 4.51. The number of hydrogen-bond donors (Lipinski definition) is 1. The van der Waals surface area contributed by atoms with E-state index in [1.807, 2.05) is 30.3 Å². The fraction of sp³-hybridized carbons (Fsp3) is 0.167. The summed E-state index contributed by atoms with van der Waals surface area (Å²) in [5.41, 5.74) is 2.24. The highest BCUT2D eigenvalue weighted by atomic mass is 16.5. The molecule has 0 saturated heterocycles. The number of methoxy groups -OCH3 is 3. The summed E-state index contributed by atoms with van der Waals surface area (Å²) in [7, 11) is 4.31. The average molecular weight is 421 g/mol. The van der Waals surface area contributed by atoms with Crippen LogP contribution >= 0.6 is 0 Å². The molecule has 0 aliphatic heterocycles. The lowest BCUT2D eigenvalue weighted by Crippen LogP contribution is -2.13. The zero-order chi connectivity index (χ0) is 22.2. The number of anilines is 1. The van der Waals surface area contributed by atoms with E-state index in [9.17, 15) is 9.59 Å². The van der Waals surface area contributed by atoms with Crippen molar-refractivity contribution in [2.75, 3.05) is 26.6 Å². The van der Waals surface area contributed by atoms with Crippen molar-refractivity contribution in [1.29, 1.82) is 0 Å². The Labute approximate surface area is 180 Å². The summed E-state index contributed by atoms with van der Waals surface area (Å²) in [5, 5.41) is 2.78. The number of carbonyl (C=O) groups excluding carboxylic acids is 2. The Morgan fingerprint density at radius 2 is 1.42 bits per heavy atom. The van der Waals surface area contributed by atoms with Crippen molar-refractivity contribution in [3.05, 3.63) is 83.4 Å². The number of esters is 1. The average Bonchev–Trinajstić information content (AvgIpc) is 2.82. The quantitative estimate of drug-likeness (QED) is 0.546. The van der Waals surface area contributed by atoms with Gasteiger partial charge in [-0.25, -0.2) is 4.79 Å². The summed E-state index contributed by atoms with van der Waals surface area (Å²) in [6.07, 6.45) is 0. The van der Waals surface area contributed by atoms with Crippen LogP contribution in [0.5, 0.6) is 17.2 Å². The zero-order valence-electron chi connectivity index (χ0n) is 17.5. The SMILES string of the molecule is COC(=O)c1ccc(NC(=O)c2cc(OC)c(OCc3ccccc3)c(OC)c2)cc1. The van der Waals surface area contributed by atoms with Crippen molar-refractivity contribution < 1.29 is 28.5 Å². The van der Waals surface area contributed by atoms with E-state index < -0.39 is 5.97 Å². The summed E-state index contributed by atoms with van der Waals surface area (Å²) >= 11 is 0. The highest BCUT2D eigenvalue weighted by molar-refractivity contribution is 6.05. The third-order valence-corrected chi connectivity index (χ3v) is 4.51. The second-order valence-corrected chi connectivity index (χ2v) is 6.51. The van der Waals surface area contributed by atoms with Gasteiger partial charge in [-0.2, -0.15) is 0 Å². The van der Waals surface area contributed by atoms with E-state index in [0.29, 0.717) is 40.7 Å². The van der Waals surface area contributed by atoms with Crippen LogP contribution in [0, 0.1) is 0 Å². The van der Waals surface area contributed by atoms with Crippen LogP contribution in [0.2, 0.25) is 0 Å². The van der Waals surface area contributed by atoms with Gasteiger partial charge in [-0.1, -0.05) is 30.3 Å². The molecule has 0 aliphatic rings. The molecule has 31 heavy (non-hydrogen) atoms. The zero-order valence-corrected chi connectivity index (χ0v) is 17.5. The van der Waals surface area contributed by atoms with Crippen molar-refractivity contribution in [2.45, 2.75) is 6.61 Å². The summed E-state index contributed by atoms with van der Waals surface area (Å²) in [6, 6.07) is 19.2. The Hall–Kier alpha value is -4.00. The van der Waals surface area contributed by atoms with Gasteiger partial charge in [-0.15, -0.1) is 0 Å². The number of nitrogens with one attached hydrogen (secondary N) is 1. The lowest BCUT2D eigenvalue weighted by Gasteiger charge is -2.16. The van der Waals surface area contributed by atoms with Crippen LogP contribution in [0.3, 0.4) is 0 Å².